The summed E-state index contributed by atoms with van der Waals surface area (Å²) in [6, 6.07) is 1.61. The number of halogens is 1. The number of aryl methyl sites for hydroxylation is 1. The van der Waals surface area contributed by atoms with E-state index in [1.165, 1.54) is 15.6 Å². The first kappa shape index (κ1) is 21.8. The predicted octanol–water partition coefficient (Wildman–Crippen LogP) is 1.22. The summed E-state index contributed by atoms with van der Waals surface area (Å²) in [5.41, 5.74) is 6.82. The minimum Gasteiger partial charge on any atom is -0.376 e. The molecule has 0 spiro atoms. The molecule has 3 aromatic rings. The highest BCUT2D eigenvalue weighted by Crippen LogP contribution is 2.47. The van der Waals surface area contributed by atoms with Crippen molar-refractivity contribution in [2.75, 3.05) is 25.1 Å². The number of fused-ring (bicyclic) bond motifs is 1. The van der Waals surface area contributed by atoms with Gasteiger partial charge in [0.05, 0.1) is 54.3 Å². The number of rotatable bonds is 7. The van der Waals surface area contributed by atoms with Crippen molar-refractivity contribution in [3.63, 3.8) is 0 Å². The number of hydrogen-bond donors (Lipinski definition) is 2. The Morgan fingerprint density at radius 3 is 2.71 bits per heavy atom. The molecule has 2 unspecified atom stereocenters. The van der Waals surface area contributed by atoms with Crippen molar-refractivity contribution < 1.29 is 14.0 Å². The number of alkyl halides is 1. The zero-order valence-electron chi connectivity index (χ0n) is 18.6. The summed E-state index contributed by atoms with van der Waals surface area (Å²) in [5.74, 6) is -1.47. The van der Waals surface area contributed by atoms with E-state index in [4.69, 9.17) is 5.73 Å². The van der Waals surface area contributed by atoms with Crippen molar-refractivity contribution in [2.24, 2.45) is 17.1 Å². The van der Waals surface area contributed by atoms with E-state index in [2.05, 4.69) is 26.6 Å². The lowest BCUT2D eigenvalue weighted by Gasteiger charge is -2.21. The third-order valence-corrected chi connectivity index (χ3v) is 6.64. The smallest absolute Gasteiger partial charge is 0.252 e. The molecule has 2 amide bonds. The van der Waals surface area contributed by atoms with Crippen molar-refractivity contribution in [3.8, 4) is 17.3 Å². The average molecular weight is 465 g/mol. The number of primary amides is 1. The molecule has 1 saturated carbocycles. The van der Waals surface area contributed by atoms with Gasteiger partial charge < -0.3 is 16.0 Å². The third-order valence-electron chi connectivity index (χ3n) is 6.64. The van der Waals surface area contributed by atoms with Crippen LogP contribution < -0.4 is 11.1 Å². The van der Waals surface area contributed by atoms with Gasteiger partial charge in [-0.2, -0.15) is 15.5 Å². The van der Waals surface area contributed by atoms with E-state index in [1.54, 1.807) is 17.1 Å². The maximum absolute atomic E-state index is 13.9. The maximum Gasteiger partial charge on any atom is 0.252 e. The number of hydrogen-bond acceptors (Lipinski definition) is 7. The number of nitrogens with one attached hydrogen (secondary N) is 1. The summed E-state index contributed by atoms with van der Waals surface area (Å²) < 4.78 is 17.2. The Labute approximate surface area is 194 Å². The molecule has 1 aliphatic heterocycles. The molecule has 0 aromatic carbocycles. The largest absolute Gasteiger partial charge is 0.376 e. The number of carbonyl (C=O) groups excluding carboxylic acids is 2. The number of likely N-dealkylation sites (tertiary alicyclic amines) is 1. The molecule has 176 valence electrons. The van der Waals surface area contributed by atoms with Crippen LogP contribution in [0.4, 0.5) is 10.1 Å². The molecule has 12 heteroatoms. The van der Waals surface area contributed by atoms with Crippen LogP contribution in [0.3, 0.4) is 0 Å². The van der Waals surface area contributed by atoms with Crippen LogP contribution in [0.25, 0.3) is 16.9 Å². The predicted molar refractivity (Wildman–Crippen MR) is 119 cm³/mol. The summed E-state index contributed by atoms with van der Waals surface area (Å²) in [7, 11) is 0. The van der Waals surface area contributed by atoms with Gasteiger partial charge in [0.1, 0.15) is 5.41 Å². The molecular weight excluding hydrogens is 441 g/mol. The van der Waals surface area contributed by atoms with Gasteiger partial charge in [-0.1, -0.05) is 0 Å². The second-order valence-electron chi connectivity index (χ2n) is 8.85. The molecule has 2 aliphatic rings. The van der Waals surface area contributed by atoms with Crippen LogP contribution in [0, 0.1) is 22.7 Å². The van der Waals surface area contributed by atoms with Crippen molar-refractivity contribution in [1.29, 1.82) is 5.26 Å². The molecule has 3 aromatic heterocycles. The summed E-state index contributed by atoms with van der Waals surface area (Å²) in [6.45, 7) is 2.42. The Hall–Kier alpha value is -4.01. The van der Waals surface area contributed by atoms with Crippen LogP contribution in [-0.4, -0.2) is 66.9 Å². The van der Waals surface area contributed by atoms with Crippen molar-refractivity contribution in [3.05, 3.63) is 30.4 Å². The molecule has 5 rings (SSSR count). The van der Waals surface area contributed by atoms with Crippen molar-refractivity contribution in [1.82, 2.24) is 29.3 Å². The fourth-order valence-corrected chi connectivity index (χ4v) is 4.42. The number of amides is 2. The molecule has 4 heterocycles. The van der Waals surface area contributed by atoms with E-state index >= 15 is 0 Å². The lowest BCUT2D eigenvalue weighted by molar-refractivity contribution is -0.134. The maximum atomic E-state index is 13.9. The average Bonchev–Trinajstić information content (AvgIpc) is 3.18. The second kappa shape index (κ2) is 8.09. The van der Waals surface area contributed by atoms with Crippen LogP contribution in [-0.2, 0) is 11.3 Å². The van der Waals surface area contributed by atoms with Crippen LogP contribution in [0.5, 0.6) is 0 Å². The molecular formula is C22H24FN9O2. The Kier molecular flexibility index (Phi) is 5.19. The highest BCUT2D eigenvalue weighted by Gasteiger charge is 2.54. The number of imidazole rings is 1. The number of anilines is 1. The number of carbonyl (C=O) groups is 2. The highest BCUT2D eigenvalue weighted by molar-refractivity contribution is 6.01. The van der Waals surface area contributed by atoms with Gasteiger partial charge in [-0.15, -0.1) is 0 Å². The van der Waals surface area contributed by atoms with E-state index in [-0.39, 0.29) is 24.6 Å². The van der Waals surface area contributed by atoms with Gasteiger partial charge >= 0.3 is 0 Å². The number of nitrogens with zero attached hydrogens (tertiary/aromatic N) is 7. The number of nitriles is 1. The van der Waals surface area contributed by atoms with Gasteiger partial charge in [0.25, 0.3) is 5.91 Å². The first-order valence-corrected chi connectivity index (χ1v) is 11.1. The molecule has 3 N–H and O–H groups in total. The van der Waals surface area contributed by atoms with Gasteiger partial charge in [-0.05, 0) is 19.8 Å². The molecule has 2 fully saturated rings. The molecule has 11 nitrogen and oxygen atoms in total. The number of aromatic nitrogens is 5. The standard InChI is InChI=1S/C22H24FN9O2/c1-2-31-9-14(6-26-31)17-11-32-20(29-17)18(15(7-27-32)19(25)33)28-16-10-30(8-13(16)5-23)21(34)22(12-24)3-4-22/h6-7,9,11,13,16,28H,2-5,8,10H2,1H3,(H2,25,33). The molecule has 0 bridgehead atoms. The van der Waals surface area contributed by atoms with Gasteiger partial charge in [0.2, 0.25) is 5.91 Å². The minimum atomic E-state index is -0.973. The molecule has 1 saturated heterocycles. The van der Waals surface area contributed by atoms with E-state index in [0.29, 0.717) is 36.4 Å². The molecule has 2 atom stereocenters. The summed E-state index contributed by atoms with van der Waals surface area (Å²) in [6.07, 6.45) is 7.65. The normalized spacial score (nSPS) is 20.9. The van der Waals surface area contributed by atoms with Crippen LogP contribution in [0.2, 0.25) is 0 Å². The first-order valence-electron chi connectivity index (χ1n) is 11.1. The van der Waals surface area contributed by atoms with E-state index < -0.39 is 30.0 Å². The van der Waals surface area contributed by atoms with Crippen molar-refractivity contribution >= 4 is 23.1 Å². The van der Waals surface area contributed by atoms with Crippen LogP contribution in [0.1, 0.15) is 30.1 Å². The Balaban J connectivity index is 1.49. The fraction of sp³-hybridized carbons (Fsp3) is 0.455. The topological polar surface area (TPSA) is 147 Å². The quantitative estimate of drug-likeness (QED) is 0.533. The molecule has 34 heavy (non-hydrogen) atoms. The first-order chi connectivity index (χ1) is 16.4. The Bertz CT molecular complexity index is 1320. The van der Waals surface area contributed by atoms with Gasteiger partial charge in [0.15, 0.2) is 5.65 Å². The monoisotopic (exact) mass is 465 g/mol. The third kappa shape index (κ3) is 3.53. The lowest BCUT2D eigenvalue weighted by atomic mass is 10.0. The highest BCUT2D eigenvalue weighted by atomic mass is 19.1. The SMILES string of the molecule is CCn1cc(-c2cn3ncc(C(N)=O)c(NC4CN(C(=O)C5(C#N)CC5)CC4CF)c3n2)cn1. The zero-order valence-corrected chi connectivity index (χ0v) is 18.6. The fourth-order valence-electron chi connectivity index (χ4n) is 4.42. The minimum absolute atomic E-state index is 0.118. The summed E-state index contributed by atoms with van der Waals surface area (Å²) in [5, 5.41) is 21.1. The molecule has 0 radical (unpaired) electrons. The summed E-state index contributed by atoms with van der Waals surface area (Å²) in [4.78, 5) is 31.2. The molecule has 1 aliphatic carbocycles. The van der Waals surface area contributed by atoms with Crippen LogP contribution >= 0.6 is 0 Å². The van der Waals surface area contributed by atoms with Gasteiger partial charge in [0, 0.05) is 37.3 Å². The number of nitrogens with two attached hydrogens (primary N) is 1. The van der Waals surface area contributed by atoms with E-state index in [9.17, 15) is 19.2 Å². The lowest BCUT2D eigenvalue weighted by Crippen LogP contribution is -2.36. The Morgan fingerprint density at radius 1 is 1.29 bits per heavy atom. The van der Waals surface area contributed by atoms with Gasteiger partial charge in [-0.3, -0.25) is 18.7 Å². The zero-order chi connectivity index (χ0) is 24.0. The van der Waals surface area contributed by atoms with Crippen LogP contribution in [0.15, 0.2) is 24.8 Å². The second-order valence-corrected chi connectivity index (χ2v) is 8.85. The Morgan fingerprint density at radius 2 is 2.09 bits per heavy atom. The van der Waals surface area contributed by atoms with Gasteiger partial charge in [-0.25, -0.2) is 9.50 Å². The van der Waals surface area contributed by atoms with E-state index in [1.807, 2.05) is 13.1 Å². The van der Waals surface area contributed by atoms with E-state index in [0.717, 1.165) is 5.56 Å². The van der Waals surface area contributed by atoms with Crippen molar-refractivity contribution in [2.45, 2.75) is 32.4 Å². The summed E-state index contributed by atoms with van der Waals surface area (Å²) >= 11 is 0.